The lowest BCUT2D eigenvalue weighted by molar-refractivity contribution is -0.121. The van der Waals surface area contributed by atoms with Gasteiger partial charge in [-0.2, -0.15) is 5.10 Å². The first kappa shape index (κ1) is 22.3. The molecule has 160 valence electrons. The van der Waals surface area contributed by atoms with Gasteiger partial charge >= 0.3 is 0 Å². The number of amides is 1. The molecule has 2 N–H and O–H groups in total. The van der Waals surface area contributed by atoms with Crippen LogP contribution in [0, 0.1) is 20.8 Å². The van der Waals surface area contributed by atoms with E-state index in [9.17, 15) is 9.90 Å². The fourth-order valence-corrected chi connectivity index (χ4v) is 3.55. The van der Waals surface area contributed by atoms with Crippen molar-refractivity contribution in [1.82, 2.24) is 19.9 Å². The molecule has 0 radical (unpaired) electrons. The minimum Gasteiger partial charge on any atom is -0.489 e. The fraction of sp³-hybridized carbons (Fsp3) is 0.381. The Hall–Kier alpha value is -2.35. The lowest BCUT2D eigenvalue weighted by atomic mass is 10.1. The lowest BCUT2D eigenvalue weighted by Gasteiger charge is -2.15. The number of fused-ring (bicyclic) bond motifs is 1. The van der Waals surface area contributed by atoms with E-state index in [2.05, 4.69) is 15.4 Å². The zero-order valence-electron chi connectivity index (χ0n) is 17.1. The second kappa shape index (κ2) is 9.64. The monoisotopic (exact) mass is 450 g/mol. The van der Waals surface area contributed by atoms with Gasteiger partial charge in [-0.05, 0) is 44.9 Å². The summed E-state index contributed by atoms with van der Waals surface area (Å²) in [4.78, 5) is 16.8. The molecule has 2 heterocycles. The van der Waals surface area contributed by atoms with Crippen molar-refractivity contribution < 1.29 is 14.6 Å². The van der Waals surface area contributed by atoms with Crippen LogP contribution in [0.25, 0.3) is 5.65 Å². The van der Waals surface area contributed by atoms with E-state index in [1.807, 2.05) is 26.8 Å². The second-order valence-electron chi connectivity index (χ2n) is 7.14. The maximum atomic E-state index is 12.2. The van der Waals surface area contributed by atoms with Crippen molar-refractivity contribution in [3.8, 4) is 5.75 Å². The Morgan fingerprint density at radius 3 is 2.83 bits per heavy atom. The quantitative estimate of drug-likeness (QED) is 0.548. The van der Waals surface area contributed by atoms with Gasteiger partial charge in [0.15, 0.2) is 5.65 Å². The van der Waals surface area contributed by atoms with E-state index in [1.165, 1.54) is 0 Å². The number of hydrogen-bond donors (Lipinski definition) is 2. The van der Waals surface area contributed by atoms with E-state index in [4.69, 9.17) is 27.9 Å². The summed E-state index contributed by atoms with van der Waals surface area (Å²) in [5.41, 5.74) is 4.57. The van der Waals surface area contributed by atoms with E-state index in [1.54, 1.807) is 22.7 Å². The maximum absolute atomic E-state index is 12.2. The normalized spacial score (nSPS) is 12.2. The van der Waals surface area contributed by atoms with Crippen LogP contribution in [-0.4, -0.2) is 44.9 Å². The van der Waals surface area contributed by atoms with Gasteiger partial charge in [0.05, 0.1) is 10.7 Å². The van der Waals surface area contributed by atoms with E-state index in [-0.39, 0.29) is 25.5 Å². The van der Waals surface area contributed by atoms with Gasteiger partial charge in [-0.25, -0.2) is 9.50 Å². The molecule has 9 heteroatoms. The predicted octanol–water partition coefficient (Wildman–Crippen LogP) is 3.45. The van der Waals surface area contributed by atoms with Gasteiger partial charge < -0.3 is 15.2 Å². The highest BCUT2D eigenvalue weighted by Gasteiger charge is 2.14. The molecular formula is C21H24Cl2N4O3. The topological polar surface area (TPSA) is 88.8 Å². The molecule has 1 aromatic carbocycles. The van der Waals surface area contributed by atoms with Crippen molar-refractivity contribution in [1.29, 1.82) is 0 Å². The highest BCUT2D eigenvalue weighted by atomic mass is 35.5. The Bertz CT molecular complexity index is 1070. The van der Waals surface area contributed by atoms with Crippen LogP contribution in [0.5, 0.6) is 5.75 Å². The highest BCUT2D eigenvalue weighted by Crippen LogP contribution is 2.31. The molecule has 1 unspecified atom stereocenters. The van der Waals surface area contributed by atoms with Crippen LogP contribution in [0.15, 0.2) is 24.3 Å². The van der Waals surface area contributed by atoms with Crippen molar-refractivity contribution in [2.75, 3.05) is 13.2 Å². The number of nitrogens with zero attached hydrogens (tertiary/aromatic N) is 3. The van der Waals surface area contributed by atoms with Gasteiger partial charge in [0.1, 0.15) is 23.5 Å². The number of ether oxygens (including phenoxy) is 1. The summed E-state index contributed by atoms with van der Waals surface area (Å²) >= 11 is 12.0. The van der Waals surface area contributed by atoms with Crippen LogP contribution in [0.3, 0.4) is 0 Å². The molecule has 0 aliphatic rings. The molecule has 0 aliphatic heterocycles. The first-order chi connectivity index (χ1) is 14.3. The van der Waals surface area contributed by atoms with Crippen LogP contribution in [0.4, 0.5) is 0 Å². The number of benzene rings is 1. The highest BCUT2D eigenvalue weighted by molar-refractivity contribution is 6.42. The number of carbonyl (C=O) groups excluding carboxylic acids is 1. The molecule has 0 spiro atoms. The van der Waals surface area contributed by atoms with Crippen molar-refractivity contribution >= 4 is 34.8 Å². The first-order valence-electron chi connectivity index (χ1n) is 9.60. The molecule has 0 bridgehead atoms. The van der Waals surface area contributed by atoms with Gasteiger partial charge in [-0.15, -0.1) is 0 Å². The van der Waals surface area contributed by atoms with Crippen LogP contribution in [-0.2, 0) is 11.2 Å². The average Bonchev–Trinajstić information content (AvgIpc) is 3.07. The third kappa shape index (κ3) is 5.22. The van der Waals surface area contributed by atoms with E-state index < -0.39 is 6.10 Å². The Morgan fingerprint density at radius 1 is 1.30 bits per heavy atom. The molecule has 2 aromatic heterocycles. The molecule has 0 saturated carbocycles. The standard InChI is InChI=1S/C21H24Cl2N4O3/c1-12-9-19-25-13(2)16(14(3)27(19)26-12)7-8-20(29)24-10-15(28)11-30-18-6-4-5-17(22)21(18)23/h4-6,9,15,28H,7-8,10-11H2,1-3H3,(H,24,29). The van der Waals surface area contributed by atoms with Gasteiger partial charge in [0.2, 0.25) is 5.91 Å². The number of aromatic nitrogens is 3. The number of halogens is 2. The summed E-state index contributed by atoms with van der Waals surface area (Å²) < 4.78 is 7.28. The van der Waals surface area contributed by atoms with E-state index >= 15 is 0 Å². The Morgan fingerprint density at radius 2 is 2.07 bits per heavy atom. The summed E-state index contributed by atoms with van der Waals surface area (Å²) in [6, 6.07) is 6.95. The number of nitrogens with one attached hydrogen (secondary N) is 1. The lowest BCUT2D eigenvalue weighted by Crippen LogP contribution is -2.35. The molecule has 1 atom stereocenters. The molecule has 3 aromatic rings. The number of carbonyl (C=O) groups is 1. The van der Waals surface area contributed by atoms with E-state index in [0.717, 1.165) is 28.3 Å². The van der Waals surface area contributed by atoms with Gasteiger partial charge in [0, 0.05) is 30.4 Å². The SMILES string of the molecule is Cc1cc2nc(C)c(CCC(=O)NCC(O)COc3cccc(Cl)c3Cl)c(C)n2n1. The fourth-order valence-electron chi connectivity index (χ4n) is 3.20. The molecule has 0 saturated heterocycles. The molecule has 1 amide bonds. The van der Waals surface area contributed by atoms with Gasteiger partial charge in [-0.3, -0.25) is 4.79 Å². The Balaban J connectivity index is 1.49. The number of aliphatic hydroxyl groups excluding tert-OH is 1. The summed E-state index contributed by atoms with van der Waals surface area (Å²) in [7, 11) is 0. The minimum absolute atomic E-state index is 0.0161. The summed E-state index contributed by atoms with van der Waals surface area (Å²) in [5, 5.41) is 17.9. The third-order valence-corrected chi connectivity index (χ3v) is 5.57. The number of aryl methyl sites for hydroxylation is 3. The molecule has 30 heavy (non-hydrogen) atoms. The van der Waals surface area contributed by atoms with Gasteiger partial charge in [-0.1, -0.05) is 29.3 Å². The maximum Gasteiger partial charge on any atom is 0.220 e. The smallest absolute Gasteiger partial charge is 0.220 e. The van der Waals surface area contributed by atoms with Crippen molar-refractivity contribution in [3.05, 3.63) is 57.0 Å². The van der Waals surface area contributed by atoms with Gasteiger partial charge in [0.25, 0.3) is 0 Å². The largest absolute Gasteiger partial charge is 0.489 e. The summed E-state index contributed by atoms with van der Waals surface area (Å²) in [5.74, 6) is 0.225. The zero-order chi connectivity index (χ0) is 21.8. The number of aliphatic hydroxyl groups is 1. The summed E-state index contributed by atoms with van der Waals surface area (Å²) in [6.07, 6.45) is -0.0589. The third-order valence-electron chi connectivity index (χ3n) is 4.77. The second-order valence-corrected chi connectivity index (χ2v) is 7.92. The molecule has 3 rings (SSSR count). The van der Waals surface area contributed by atoms with Crippen LogP contribution >= 0.6 is 23.2 Å². The van der Waals surface area contributed by atoms with E-state index in [0.29, 0.717) is 22.2 Å². The number of hydrogen-bond acceptors (Lipinski definition) is 5. The minimum atomic E-state index is -0.877. The molecular weight excluding hydrogens is 427 g/mol. The van der Waals surface area contributed by atoms with Crippen molar-refractivity contribution in [3.63, 3.8) is 0 Å². The average molecular weight is 451 g/mol. The van der Waals surface area contributed by atoms with Crippen LogP contribution in [0.2, 0.25) is 10.0 Å². The van der Waals surface area contributed by atoms with Crippen molar-refractivity contribution in [2.45, 2.75) is 39.7 Å². The molecule has 0 aliphatic carbocycles. The van der Waals surface area contributed by atoms with Crippen molar-refractivity contribution in [2.24, 2.45) is 0 Å². The van der Waals surface area contributed by atoms with Crippen LogP contribution < -0.4 is 10.1 Å². The Labute approximate surface area is 185 Å². The molecule has 0 fully saturated rings. The Kier molecular flexibility index (Phi) is 7.18. The summed E-state index contributed by atoms with van der Waals surface area (Å²) in [6.45, 7) is 5.89. The van der Waals surface area contributed by atoms with Crippen LogP contribution in [0.1, 0.15) is 29.1 Å². The number of rotatable bonds is 8. The first-order valence-corrected chi connectivity index (χ1v) is 10.4. The predicted molar refractivity (Wildman–Crippen MR) is 116 cm³/mol. The molecule has 7 nitrogen and oxygen atoms in total. The zero-order valence-corrected chi connectivity index (χ0v) is 18.6.